The number of thiophene rings is 1. The highest BCUT2D eigenvalue weighted by Gasteiger charge is 2.14. The van der Waals surface area contributed by atoms with E-state index < -0.39 is 0 Å². The molecule has 6 heteroatoms. The van der Waals surface area contributed by atoms with E-state index in [-0.39, 0.29) is 5.91 Å². The van der Waals surface area contributed by atoms with E-state index in [9.17, 15) is 4.79 Å². The van der Waals surface area contributed by atoms with Crippen LogP contribution < -0.4 is 5.32 Å². The van der Waals surface area contributed by atoms with E-state index in [2.05, 4.69) is 26.3 Å². The Balaban J connectivity index is 2.07. The summed E-state index contributed by atoms with van der Waals surface area (Å²) in [6, 6.07) is 3.85. The minimum Gasteiger partial charge on any atom is -0.346 e. The number of carbonyl (C=O) groups is 1. The number of aryl methyl sites for hydroxylation is 2. The van der Waals surface area contributed by atoms with Crippen molar-refractivity contribution in [3.05, 3.63) is 38.3 Å². The first-order valence-electron chi connectivity index (χ1n) is 6.22. The summed E-state index contributed by atoms with van der Waals surface area (Å²) in [4.78, 5) is 13.3. The molecule has 2 heterocycles. The second kappa shape index (κ2) is 6.34. The molecule has 2 aromatic heterocycles. The van der Waals surface area contributed by atoms with Gasteiger partial charge in [-0.05, 0) is 46.8 Å². The Morgan fingerprint density at radius 3 is 2.89 bits per heavy atom. The fourth-order valence-corrected chi connectivity index (χ4v) is 3.20. The Labute approximate surface area is 125 Å². The van der Waals surface area contributed by atoms with E-state index in [4.69, 9.17) is 0 Å². The predicted molar refractivity (Wildman–Crippen MR) is 80.5 cm³/mol. The largest absolute Gasteiger partial charge is 0.346 e. The molecule has 0 radical (unpaired) electrons. The Bertz CT molecular complexity index is 576. The zero-order valence-electron chi connectivity index (χ0n) is 10.9. The van der Waals surface area contributed by atoms with E-state index in [1.807, 2.05) is 31.4 Å². The average Bonchev–Trinajstić information content (AvgIpc) is 3.01. The molecule has 0 aliphatic heterocycles. The van der Waals surface area contributed by atoms with Crippen molar-refractivity contribution in [2.75, 3.05) is 0 Å². The average molecular weight is 342 g/mol. The summed E-state index contributed by atoms with van der Waals surface area (Å²) >= 11 is 5.08. The molecule has 0 spiro atoms. The molecule has 1 N–H and O–H groups in total. The van der Waals surface area contributed by atoms with Crippen LogP contribution in [-0.2, 0) is 19.5 Å². The van der Waals surface area contributed by atoms with Crippen LogP contribution in [0.3, 0.4) is 0 Å². The van der Waals surface area contributed by atoms with Gasteiger partial charge in [-0.3, -0.25) is 9.48 Å². The first kappa shape index (κ1) is 14.3. The van der Waals surface area contributed by atoms with Crippen LogP contribution in [0.15, 0.2) is 22.0 Å². The summed E-state index contributed by atoms with van der Waals surface area (Å²) in [5.74, 6) is -0.0747. The van der Waals surface area contributed by atoms with E-state index >= 15 is 0 Å². The number of hydrogen-bond acceptors (Lipinski definition) is 3. The van der Waals surface area contributed by atoms with Gasteiger partial charge in [-0.15, -0.1) is 11.3 Å². The number of carbonyl (C=O) groups excluding carboxylic acids is 1. The molecule has 0 aromatic carbocycles. The van der Waals surface area contributed by atoms with Gasteiger partial charge in [0.2, 0.25) is 0 Å². The number of nitrogens with zero attached hydrogens (tertiary/aromatic N) is 2. The monoisotopic (exact) mass is 341 g/mol. The van der Waals surface area contributed by atoms with Gasteiger partial charge in [0.15, 0.2) is 0 Å². The minimum absolute atomic E-state index is 0.0747. The van der Waals surface area contributed by atoms with Crippen LogP contribution in [0, 0.1) is 0 Å². The maximum atomic E-state index is 12.2. The molecule has 19 heavy (non-hydrogen) atoms. The highest BCUT2D eigenvalue weighted by Crippen LogP contribution is 2.22. The lowest BCUT2D eigenvalue weighted by molar-refractivity contribution is 0.0940. The lowest BCUT2D eigenvalue weighted by Crippen LogP contribution is -2.25. The van der Waals surface area contributed by atoms with Crippen molar-refractivity contribution in [3.63, 3.8) is 0 Å². The Hall–Kier alpha value is -1.14. The van der Waals surface area contributed by atoms with Gasteiger partial charge in [0.25, 0.3) is 5.91 Å². The lowest BCUT2D eigenvalue weighted by Gasteiger charge is -2.05. The second-order valence-electron chi connectivity index (χ2n) is 4.06. The predicted octanol–water partition coefficient (Wildman–Crippen LogP) is 3.22. The lowest BCUT2D eigenvalue weighted by atomic mass is 10.3. The quantitative estimate of drug-likeness (QED) is 0.907. The fraction of sp³-hybridized carbons (Fsp3) is 0.385. The van der Waals surface area contributed by atoms with Gasteiger partial charge in [-0.2, -0.15) is 5.10 Å². The number of halogens is 1. The second-order valence-corrected chi connectivity index (χ2v) is 5.92. The van der Waals surface area contributed by atoms with Gasteiger partial charge >= 0.3 is 0 Å². The topological polar surface area (TPSA) is 46.9 Å². The summed E-state index contributed by atoms with van der Waals surface area (Å²) in [6.45, 7) is 5.25. The molecule has 0 unspecified atom stereocenters. The summed E-state index contributed by atoms with van der Waals surface area (Å²) in [7, 11) is 0. The van der Waals surface area contributed by atoms with Gasteiger partial charge in [0.05, 0.1) is 12.2 Å². The zero-order chi connectivity index (χ0) is 13.8. The number of aromatic nitrogens is 2. The third-order valence-electron chi connectivity index (χ3n) is 2.83. The van der Waals surface area contributed by atoms with Gasteiger partial charge < -0.3 is 5.32 Å². The molecule has 2 aromatic rings. The summed E-state index contributed by atoms with van der Waals surface area (Å²) in [5.41, 5.74) is 1.58. The molecule has 0 bridgehead atoms. The van der Waals surface area contributed by atoms with Crippen molar-refractivity contribution < 1.29 is 4.79 Å². The molecule has 0 aliphatic rings. The molecule has 0 fully saturated rings. The van der Waals surface area contributed by atoms with Crippen molar-refractivity contribution in [3.8, 4) is 0 Å². The highest BCUT2D eigenvalue weighted by molar-refractivity contribution is 9.10. The molecule has 0 aliphatic carbocycles. The Morgan fingerprint density at radius 1 is 1.53 bits per heavy atom. The standard InChI is InChI=1S/C13H16BrN3OS/c1-3-9-7-11(17(4-2)16-9)13(18)15-8-12-10(14)5-6-19-12/h5-7H,3-4,8H2,1-2H3,(H,15,18). The smallest absolute Gasteiger partial charge is 0.269 e. The third kappa shape index (κ3) is 3.25. The SMILES string of the molecule is CCc1cc(C(=O)NCc2sccc2Br)n(CC)n1. The summed E-state index contributed by atoms with van der Waals surface area (Å²) in [6.07, 6.45) is 0.837. The van der Waals surface area contributed by atoms with Crippen molar-refractivity contribution in [1.82, 2.24) is 15.1 Å². The Kier molecular flexibility index (Phi) is 4.76. The van der Waals surface area contributed by atoms with Crippen LogP contribution in [-0.4, -0.2) is 15.7 Å². The molecule has 102 valence electrons. The summed E-state index contributed by atoms with van der Waals surface area (Å²) < 4.78 is 2.79. The molecule has 1 amide bonds. The molecule has 0 saturated carbocycles. The van der Waals surface area contributed by atoms with Gasteiger partial charge in [0.1, 0.15) is 5.69 Å². The van der Waals surface area contributed by atoms with E-state index in [0.717, 1.165) is 21.5 Å². The maximum absolute atomic E-state index is 12.2. The number of hydrogen-bond donors (Lipinski definition) is 1. The first-order chi connectivity index (χ1) is 9.15. The maximum Gasteiger partial charge on any atom is 0.269 e. The molecule has 4 nitrogen and oxygen atoms in total. The van der Waals surface area contributed by atoms with Crippen LogP contribution in [0.25, 0.3) is 0 Å². The van der Waals surface area contributed by atoms with Crippen LogP contribution in [0.4, 0.5) is 0 Å². The van der Waals surface area contributed by atoms with Gasteiger partial charge in [-0.1, -0.05) is 6.92 Å². The van der Waals surface area contributed by atoms with E-state index in [1.54, 1.807) is 16.0 Å². The van der Waals surface area contributed by atoms with Gasteiger partial charge in [0, 0.05) is 15.9 Å². The molecule has 0 atom stereocenters. The number of nitrogens with one attached hydrogen (secondary N) is 1. The van der Waals surface area contributed by atoms with Crippen LogP contribution >= 0.6 is 27.3 Å². The molecule has 0 saturated heterocycles. The molecule has 2 rings (SSSR count). The molecular weight excluding hydrogens is 326 g/mol. The van der Waals surface area contributed by atoms with Crippen molar-refractivity contribution in [2.45, 2.75) is 33.4 Å². The highest BCUT2D eigenvalue weighted by atomic mass is 79.9. The molecular formula is C13H16BrN3OS. The Morgan fingerprint density at radius 2 is 2.32 bits per heavy atom. The van der Waals surface area contributed by atoms with E-state index in [0.29, 0.717) is 18.8 Å². The van der Waals surface area contributed by atoms with Crippen molar-refractivity contribution >= 4 is 33.2 Å². The zero-order valence-corrected chi connectivity index (χ0v) is 13.3. The van der Waals surface area contributed by atoms with Crippen LogP contribution in [0.5, 0.6) is 0 Å². The van der Waals surface area contributed by atoms with Crippen LogP contribution in [0.2, 0.25) is 0 Å². The van der Waals surface area contributed by atoms with Crippen molar-refractivity contribution in [2.24, 2.45) is 0 Å². The normalized spacial score (nSPS) is 10.7. The first-order valence-corrected chi connectivity index (χ1v) is 7.89. The van der Waals surface area contributed by atoms with Gasteiger partial charge in [-0.25, -0.2) is 0 Å². The number of rotatable bonds is 5. The minimum atomic E-state index is -0.0747. The fourth-order valence-electron chi connectivity index (χ4n) is 1.77. The van der Waals surface area contributed by atoms with Crippen LogP contribution in [0.1, 0.15) is 34.9 Å². The van der Waals surface area contributed by atoms with E-state index in [1.165, 1.54) is 0 Å². The number of amides is 1. The van der Waals surface area contributed by atoms with Crippen molar-refractivity contribution in [1.29, 1.82) is 0 Å². The summed E-state index contributed by atoms with van der Waals surface area (Å²) in [5, 5.41) is 9.31. The third-order valence-corrected chi connectivity index (χ3v) is 4.75.